The van der Waals surface area contributed by atoms with Gasteiger partial charge in [0.2, 0.25) is 0 Å². The second-order valence-corrected chi connectivity index (χ2v) is 6.38. The fourth-order valence-electron chi connectivity index (χ4n) is 2.34. The molecule has 1 amide bonds. The molecule has 0 aliphatic rings. The number of benzene rings is 1. The molecule has 3 N–H and O–H groups in total. The minimum atomic E-state index is -0.333. The normalized spacial score (nSPS) is 11.4. The molecule has 2 aromatic rings. The Morgan fingerprint density at radius 3 is 2.55 bits per heavy atom. The molecular weight excluding hydrogens is 294 g/mol. The van der Waals surface area contributed by atoms with Gasteiger partial charge in [0.25, 0.3) is 5.91 Å². The number of nitrogens with one attached hydrogen (secondary N) is 1. The zero-order valence-corrected chi connectivity index (χ0v) is 14.0. The van der Waals surface area contributed by atoms with Crippen molar-refractivity contribution in [1.29, 1.82) is 0 Å². The smallest absolute Gasteiger partial charge is 0.271 e. The van der Waals surface area contributed by atoms with Crippen LogP contribution in [0.15, 0.2) is 35.7 Å². The lowest BCUT2D eigenvalue weighted by molar-refractivity contribution is 0.0890. The number of hydrogen-bond donors (Lipinski definition) is 2. The summed E-state index contributed by atoms with van der Waals surface area (Å²) in [5.41, 5.74) is 7.18. The molecule has 0 spiro atoms. The first kappa shape index (κ1) is 16.6. The van der Waals surface area contributed by atoms with E-state index in [4.69, 9.17) is 5.73 Å². The van der Waals surface area contributed by atoms with Crippen molar-refractivity contribution in [2.24, 2.45) is 5.73 Å². The lowest BCUT2D eigenvalue weighted by Crippen LogP contribution is -2.52. The van der Waals surface area contributed by atoms with Crippen LogP contribution in [0.5, 0.6) is 0 Å². The Balaban J connectivity index is 2.06. The monoisotopic (exact) mass is 317 g/mol. The second-order valence-electron chi connectivity index (χ2n) is 5.43. The molecule has 0 radical (unpaired) electrons. The van der Waals surface area contributed by atoms with Crippen LogP contribution in [-0.4, -0.2) is 23.0 Å². The molecule has 0 aliphatic carbocycles. The van der Waals surface area contributed by atoms with Gasteiger partial charge >= 0.3 is 0 Å². The Kier molecular flexibility index (Phi) is 5.69. The minimum absolute atomic E-state index is 0.135. The molecule has 0 saturated heterocycles. The SMILES string of the molecule is CCC(CC)(CN)NC(=O)c1csc(Cc2ccccc2)n1. The van der Waals surface area contributed by atoms with Gasteiger partial charge in [-0.05, 0) is 18.4 Å². The third-order valence-electron chi connectivity index (χ3n) is 4.11. The van der Waals surface area contributed by atoms with Crippen molar-refractivity contribution in [3.63, 3.8) is 0 Å². The number of nitrogens with two attached hydrogens (primary N) is 1. The summed E-state index contributed by atoms with van der Waals surface area (Å²) < 4.78 is 0. The Labute approximate surface area is 135 Å². The van der Waals surface area contributed by atoms with Crippen LogP contribution in [-0.2, 0) is 6.42 Å². The fourth-order valence-corrected chi connectivity index (χ4v) is 3.15. The van der Waals surface area contributed by atoms with E-state index in [9.17, 15) is 4.79 Å². The van der Waals surface area contributed by atoms with Gasteiger partial charge in [-0.15, -0.1) is 11.3 Å². The number of carbonyl (C=O) groups excluding carboxylic acids is 1. The Bertz CT molecular complexity index is 597. The Morgan fingerprint density at radius 1 is 1.27 bits per heavy atom. The van der Waals surface area contributed by atoms with Crippen LogP contribution in [0.2, 0.25) is 0 Å². The van der Waals surface area contributed by atoms with Crippen LogP contribution in [0, 0.1) is 0 Å². The number of rotatable bonds is 7. The van der Waals surface area contributed by atoms with Crippen molar-refractivity contribution >= 4 is 17.2 Å². The van der Waals surface area contributed by atoms with E-state index in [0.717, 1.165) is 24.3 Å². The van der Waals surface area contributed by atoms with Crippen LogP contribution in [0.4, 0.5) is 0 Å². The third-order valence-corrected chi connectivity index (χ3v) is 4.95. The molecule has 0 saturated carbocycles. The van der Waals surface area contributed by atoms with Crippen LogP contribution < -0.4 is 11.1 Å². The average molecular weight is 317 g/mol. The molecule has 5 heteroatoms. The largest absolute Gasteiger partial charge is 0.344 e. The van der Waals surface area contributed by atoms with Crippen molar-refractivity contribution in [3.05, 3.63) is 52.0 Å². The van der Waals surface area contributed by atoms with Crippen LogP contribution in [0.3, 0.4) is 0 Å². The predicted molar refractivity (Wildman–Crippen MR) is 91.2 cm³/mol. The fraction of sp³-hybridized carbons (Fsp3) is 0.412. The van der Waals surface area contributed by atoms with E-state index in [1.165, 1.54) is 16.9 Å². The molecule has 1 heterocycles. The summed E-state index contributed by atoms with van der Waals surface area (Å²) in [5, 5.41) is 5.82. The maximum absolute atomic E-state index is 12.4. The molecule has 1 aromatic heterocycles. The topological polar surface area (TPSA) is 68.0 Å². The number of amides is 1. The zero-order chi connectivity index (χ0) is 16.0. The van der Waals surface area contributed by atoms with Gasteiger partial charge in [0.15, 0.2) is 0 Å². The molecule has 118 valence electrons. The number of aromatic nitrogens is 1. The molecule has 4 nitrogen and oxygen atoms in total. The van der Waals surface area contributed by atoms with E-state index in [1.54, 1.807) is 0 Å². The Hall–Kier alpha value is -1.72. The van der Waals surface area contributed by atoms with E-state index in [-0.39, 0.29) is 11.4 Å². The van der Waals surface area contributed by atoms with Crippen LogP contribution in [0.1, 0.15) is 47.7 Å². The van der Waals surface area contributed by atoms with Gasteiger partial charge in [-0.1, -0.05) is 44.2 Å². The van der Waals surface area contributed by atoms with Crippen molar-refractivity contribution in [2.75, 3.05) is 6.54 Å². The highest BCUT2D eigenvalue weighted by molar-refractivity contribution is 7.09. The summed E-state index contributed by atoms with van der Waals surface area (Å²) in [6, 6.07) is 10.1. The zero-order valence-electron chi connectivity index (χ0n) is 13.1. The molecule has 0 bridgehead atoms. The van der Waals surface area contributed by atoms with E-state index >= 15 is 0 Å². The summed E-state index contributed by atoms with van der Waals surface area (Å²) in [6.45, 7) is 4.52. The maximum Gasteiger partial charge on any atom is 0.271 e. The van der Waals surface area contributed by atoms with E-state index in [2.05, 4.69) is 22.4 Å². The minimum Gasteiger partial charge on any atom is -0.344 e. The second kappa shape index (κ2) is 7.51. The first-order valence-corrected chi connectivity index (χ1v) is 8.51. The molecule has 0 unspecified atom stereocenters. The maximum atomic E-state index is 12.4. The van der Waals surface area contributed by atoms with Gasteiger partial charge in [-0.3, -0.25) is 4.79 Å². The van der Waals surface area contributed by atoms with Crippen molar-refractivity contribution in [2.45, 2.75) is 38.6 Å². The quantitative estimate of drug-likeness (QED) is 0.825. The number of hydrogen-bond acceptors (Lipinski definition) is 4. The summed E-state index contributed by atoms with van der Waals surface area (Å²) in [5.74, 6) is -0.135. The molecule has 22 heavy (non-hydrogen) atoms. The summed E-state index contributed by atoms with van der Waals surface area (Å²) in [6.07, 6.45) is 2.38. The van der Waals surface area contributed by atoms with Gasteiger partial charge < -0.3 is 11.1 Å². The first-order chi connectivity index (χ1) is 10.6. The van der Waals surface area contributed by atoms with Crippen molar-refractivity contribution < 1.29 is 4.79 Å². The average Bonchev–Trinajstić information content (AvgIpc) is 3.02. The van der Waals surface area contributed by atoms with Crippen molar-refractivity contribution in [1.82, 2.24) is 10.3 Å². The van der Waals surface area contributed by atoms with Gasteiger partial charge in [0, 0.05) is 18.3 Å². The third kappa shape index (κ3) is 3.93. The van der Waals surface area contributed by atoms with Gasteiger partial charge in [0.1, 0.15) is 5.69 Å². The predicted octanol–water partition coefficient (Wildman–Crippen LogP) is 2.98. The molecule has 1 aromatic carbocycles. The molecule has 0 atom stereocenters. The molecular formula is C17H23N3OS. The van der Waals surface area contributed by atoms with Crippen molar-refractivity contribution in [3.8, 4) is 0 Å². The first-order valence-electron chi connectivity index (χ1n) is 7.63. The van der Waals surface area contributed by atoms with E-state index < -0.39 is 0 Å². The Morgan fingerprint density at radius 2 is 1.95 bits per heavy atom. The van der Waals surface area contributed by atoms with E-state index in [1.807, 2.05) is 37.4 Å². The van der Waals surface area contributed by atoms with Crippen LogP contribution in [0.25, 0.3) is 0 Å². The lowest BCUT2D eigenvalue weighted by atomic mass is 9.93. The van der Waals surface area contributed by atoms with Crippen LogP contribution >= 0.6 is 11.3 Å². The summed E-state index contributed by atoms with van der Waals surface area (Å²) in [7, 11) is 0. The molecule has 0 aliphatic heterocycles. The number of nitrogens with zero attached hydrogens (tertiary/aromatic N) is 1. The standard InChI is InChI=1S/C17H23N3OS/c1-3-17(4-2,12-18)20-16(21)14-11-22-15(19-14)10-13-8-6-5-7-9-13/h5-9,11H,3-4,10,12,18H2,1-2H3,(H,20,21). The highest BCUT2D eigenvalue weighted by atomic mass is 32.1. The molecule has 2 rings (SSSR count). The highest BCUT2D eigenvalue weighted by Crippen LogP contribution is 2.17. The molecule has 0 fully saturated rings. The van der Waals surface area contributed by atoms with Gasteiger partial charge in [0.05, 0.1) is 10.5 Å². The lowest BCUT2D eigenvalue weighted by Gasteiger charge is -2.31. The van der Waals surface area contributed by atoms with Gasteiger partial charge in [-0.25, -0.2) is 4.98 Å². The summed E-state index contributed by atoms with van der Waals surface area (Å²) in [4.78, 5) is 16.8. The summed E-state index contributed by atoms with van der Waals surface area (Å²) >= 11 is 1.52. The van der Waals surface area contributed by atoms with Gasteiger partial charge in [-0.2, -0.15) is 0 Å². The number of carbonyl (C=O) groups is 1. The number of thiazole rings is 1. The highest BCUT2D eigenvalue weighted by Gasteiger charge is 2.27. The van der Waals surface area contributed by atoms with E-state index in [0.29, 0.717) is 12.2 Å².